The Balaban J connectivity index is 2.00. The summed E-state index contributed by atoms with van der Waals surface area (Å²) in [6.07, 6.45) is 1.10. The molecular weight excluding hydrogens is 462 g/mol. The molecule has 1 aliphatic rings. The highest BCUT2D eigenvalue weighted by molar-refractivity contribution is 6.86. The van der Waals surface area contributed by atoms with Gasteiger partial charge in [-0.05, 0) is 27.7 Å². The lowest BCUT2D eigenvalue weighted by atomic mass is 10.1. The van der Waals surface area contributed by atoms with E-state index in [-0.39, 0.29) is 12.7 Å². The van der Waals surface area contributed by atoms with E-state index in [1.165, 1.54) is 0 Å². The van der Waals surface area contributed by atoms with Gasteiger partial charge in [-0.3, -0.25) is 14.3 Å². The van der Waals surface area contributed by atoms with Crippen molar-refractivity contribution >= 4 is 19.2 Å². The SMILES string of the molecule is Cc1cn([C@@]2([SiH](c3ccccc3)c3ccccc3)C[C@H](OC(C)(C)C)[C@@H](CON)O2)c(=O)[nH]c1=O. The van der Waals surface area contributed by atoms with Crippen molar-refractivity contribution < 1.29 is 14.3 Å². The number of aromatic amines is 1. The number of rotatable bonds is 7. The molecule has 0 aliphatic carbocycles. The van der Waals surface area contributed by atoms with Crippen molar-refractivity contribution in [1.29, 1.82) is 0 Å². The van der Waals surface area contributed by atoms with Gasteiger partial charge in [-0.2, -0.15) is 0 Å². The molecule has 35 heavy (non-hydrogen) atoms. The summed E-state index contributed by atoms with van der Waals surface area (Å²) in [5.41, 5.74) is -0.970. The minimum absolute atomic E-state index is 0.101. The second kappa shape index (κ2) is 10.0. The van der Waals surface area contributed by atoms with Crippen LogP contribution in [0.25, 0.3) is 0 Å². The van der Waals surface area contributed by atoms with Gasteiger partial charge >= 0.3 is 5.69 Å². The van der Waals surface area contributed by atoms with Crippen molar-refractivity contribution in [2.45, 2.75) is 57.3 Å². The van der Waals surface area contributed by atoms with Crippen LogP contribution in [0, 0.1) is 6.92 Å². The number of hydrogen-bond donors (Lipinski definition) is 2. The summed E-state index contributed by atoms with van der Waals surface area (Å²) in [5, 5.41) is 1.10. The van der Waals surface area contributed by atoms with Crippen LogP contribution in [-0.4, -0.2) is 42.8 Å². The molecule has 8 nitrogen and oxygen atoms in total. The predicted octanol–water partition coefficient (Wildman–Crippen LogP) is 0.941. The highest BCUT2D eigenvalue weighted by Gasteiger charge is 2.56. The van der Waals surface area contributed by atoms with Gasteiger partial charge in [0.15, 0.2) is 8.80 Å². The average molecular weight is 496 g/mol. The quantitative estimate of drug-likeness (QED) is 0.373. The fourth-order valence-corrected chi connectivity index (χ4v) is 8.84. The van der Waals surface area contributed by atoms with Crippen LogP contribution in [0.3, 0.4) is 0 Å². The zero-order valence-electron chi connectivity index (χ0n) is 20.6. The number of hydrogen-bond acceptors (Lipinski definition) is 6. The summed E-state index contributed by atoms with van der Waals surface area (Å²) in [6, 6.07) is 20.2. The first kappa shape index (κ1) is 25.3. The van der Waals surface area contributed by atoms with Gasteiger partial charge in [0.1, 0.15) is 11.5 Å². The molecule has 9 heteroatoms. The minimum Gasteiger partial charge on any atom is -0.370 e. The summed E-state index contributed by atoms with van der Waals surface area (Å²) in [4.78, 5) is 33.1. The number of nitrogens with one attached hydrogen (secondary N) is 1. The molecule has 4 rings (SSSR count). The standard InChI is InChI=1S/C26H33N3O5Si/c1-18-16-29(24(31)28-23(18)30)26(15-21(33-25(2,3)4)22(34-26)17-32-27)35(19-11-7-5-8-12-19)20-13-9-6-10-14-20/h5-14,16,21-22,35H,15,17,27H2,1-4H3,(H,28,30,31)/t21-,22+,26-/m0/s1. The molecule has 1 aromatic heterocycles. The van der Waals surface area contributed by atoms with Gasteiger partial charge in [-0.1, -0.05) is 71.0 Å². The lowest BCUT2D eigenvalue weighted by Crippen LogP contribution is -2.64. The zero-order chi connectivity index (χ0) is 25.2. The van der Waals surface area contributed by atoms with E-state index >= 15 is 0 Å². The highest BCUT2D eigenvalue weighted by Crippen LogP contribution is 2.39. The third kappa shape index (κ3) is 5.24. The summed E-state index contributed by atoms with van der Waals surface area (Å²) in [6.45, 7) is 7.72. The molecule has 0 spiro atoms. The van der Waals surface area contributed by atoms with Crippen LogP contribution in [0.1, 0.15) is 32.8 Å². The molecule has 2 heterocycles. The van der Waals surface area contributed by atoms with E-state index in [4.69, 9.17) is 20.2 Å². The van der Waals surface area contributed by atoms with Crippen molar-refractivity contribution in [2.75, 3.05) is 6.61 Å². The van der Waals surface area contributed by atoms with Gasteiger partial charge in [0.25, 0.3) is 5.56 Å². The maximum Gasteiger partial charge on any atom is 0.330 e. The van der Waals surface area contributed by atoms with Crippen molar-refractivity contribution in [3.05, 3.63) is 93.3 Å². The van der Waals surface area contributed by atoms with Crippen LogP contribution >= 0.6 is 0 Å². The Labute approximate surface area is 206 Å². The molecule has 0 radical (unpaired) electrons. The Kier molecular flexibility index (Phi) is 7.25. The lowest BCUT2D eigenvalue weighted by molar-refractivity contribution is -0.122. The number of H-pyrrole nitrogens is 1. The molecule has 1 fully saturated rings. The van der Waals surface area contributed by atoms with Gasteiger partial charge in [-0.15, -0.1) is 0 Å². The first-order chi connectivity index (χ1) is 16.6. The van der Waals surface area contributed by atoms with Crippen molar-refractivity contribution in [3.63, 3.8) is 0 Å². The first-order valence-electron chi connectivity index (χ1n) is 11.7. The van der Waals surface area contributed by atoms with Crippen LogP contribution < -0.4 is 27.5 Å². The van der Waals surface area contributed by atoms with E-state index in [1.807, 2.05) is 57.2 Å². The maximum atomic E-state index is 13.4. The summed E-state index contributed by atoms with van der Waals surface area (Å²) < 4.78 is 14.8. The smallest absolute Gasteiger partial charge is 0.330 e. The Hall–Kier alpha value is -2.82. The second-order valence-corrected chi connectivity index (χ2v) is 13.1. The number of nitrogens with zero attached hydrogens (tertiary/aromatic N) is 1. The summed E-state index contributed by atoms with van der Waals surface area (Å²) in [5.74, 6) is 5.49. The number of nitrogens with two attached hydrogens (primary N) is 1. The number of ether oxygens (including phenoxy) is 2. The van der Waals surface area contributed by atoms with Crippen molar-refractivity contribution in [3.8, 4) is 0 Å². The lowest BCUT2D eigenvalue weighted by Gasteiger charge is -2.38. The van der Waals surface area contributed by atoms with E-state index in [1.54, 1.807) is 17.7 Å². The largest absolute Gasteiger partial charge is 0.370 e. The third-order valence-corrected chi connectivity index (χ3v) is 9.93. The number of aryl methyl sites for hydroxylation is 1. The van der Waals surface area contributed by atoms with Gasteiger partial charge in [0.2, 0.25) is 0 Å². The predicted molar refractivity (Wildman–Crippen MR) is 138 cm³/mol. The van der Waals surface area contributed by atoms with E-state index in [0.29, 0.717) is 12.0 Å². The number of aromatic nitrogens is 2. The summed E-state index contributed by atoms with van der Waals surface area (Å²) >= 11 is 0. The van der Waals surface area contributed by atoms with Crippen LogP contribution in [0.5, 0.6) is 0 Å². The molecule has 0 saturated carbocycles. The molecule has 1 aliphatic heterocycles. The highest BCUT2D eigenvalue weighted by atomic mass is 28.3. The topological polar surface area (TPSA) is 109 Å². The molecule has 186 valence electrons. The Morgan fingerprint density at radius 2 is 1.66 bits per heavy atom. The van der Waals surface area contributed by atoms with Crippen LogP contribution in [0.4, 0.5) is 0 Å². The summed E-state index contributed by atoms with van der Waals surface area (Å²) in [7, 11) is -2.36. The monoisotopic (exact) mass is 495 g/mol. The molecule has 2 aromatic carbocycles. The molecule has 3 aromatic rings. The second-order valence-electron chi connectivity index (χ2n) is 10.0. The molecule has 0 amide bonds. The number of benzene rings is 2. The third-order valence-electron chi connectivity index (χ3n) is 6.27. The molecular formula is C26H33N3O5Si. The zero-order valence-corrected chi connectivity index (χ0v) is 21.7. The molecule has 3 N–H and O–H groups in total. The Bertz CT molecular complexity index is 1220. The van der Waals surface area contributed by atoms with Crippen LogP contribution in [0.15, 0.2) is 76.4 Å². The van der Waals surface area contributed by atoms with Gasteiger partial charge in [0.05, 0.1) is 18.3 Å². The van der Waals surface area contributed by atoms with E-state index in [0.717, 1.165) is 10.4 Å². The van der Waals surface area contributed by atoms with Gasteiger partial charge in [-0.25, -0.2) is 10.7 Å². The van der Waals surface area contributed by atoms with Gasteiger partial charge < -0.3 is 14.3 Å². The van der Waals surface area contributed by atoms with E-state index in [2.05, 4.69) is 29.2 Å². The van der Waals surface area contributed by atoms with Crippen LogP contribution in [0.2, 0.25) is 0 Å². The van der Waals surface area contributed by atoms with Crippen molar-refractivity contribution in [1.82, 2.24) is 9.55 Å². The van der Waals surface area contributed by atoms with E-state index in [9.17, 15) is 9.59 Å². The van der Waals surface area contributed by atoms with Gasteiger partial charge in [0, 0.05) is 18.2 Å². The van der Waals surface area contributed by atoms with Crippen molar-refractivity contribution in [2.24, 2.45) is 5.90 Å². The Morgan fingerprint density at radius 3 is 2.17 bits per heavy atom. The van der Waals surface area contributed by atoms with E-state index < -0.39 is 37.1 Å². The fraction of sp³-hybridized carbons (Fsp3) is 0.385. The fourth-order valence-electron chi connectivity index (χ4n) is 4.95. The molecule has 1 saturated heterocycles. The maximum absolute atomic E-state index is 13.4. The molecule has 3 atom stereocenters. The minimum atomic E-state index is -2.36. The average Bonchev–Trinajstić information content (AvgIpc) is 3.14. The first-order valence-corrected chi connectivity index (χ1v) is 13.5. The molecule has 0 unspecified atom stereocenters. The molecule has 0 bridgehead atoms. The Morgan fingerprint density at radius 1 is 1.09 bits per heavy atom. The normalized spacial score (nSPS) is 22.6. The van der Waals surface area contributed by atoms with Crippen LogP contribution in [-0.2, 0) is 19.7 Å².